The number of likely N-dealkylation sites (tertiary alicyclic amines) is 1. The average Bonchev–Trinajstić information content (AvgIpc) is 3.16. The highest BCUT2D eigenvalue weighted by Gasteiger charge is 2.28. The van der Waals surface area contributed by atoms with Crippen molar-refractivity contribution in [3.8, 4) is 11.1 Å². The zero-order valence-corrected chi connectivity index (χ0v) is 15.2. The van der Waals surface area contributed by atoms with Crippen molar-refractivity contribution < 1.29 is 4.79 Å². The van der Waals surface area contributed by atoms with Gasteiger partial charge >= 0.3 is 0 Å². The van der Waals surface area contributed by atoms with Crippen LogP contribution >= 0.6 is 0 Å². The van der Waals surface area contributed by atoms with Gasteiger partial charge in [-0.2, -0.15) is 0 Å². The van der Waals surface area contributed by atoms with Gasteiger partial charge in [0, 0.05) is 35.3 Å². The van der Waals surface area contributed by atoms with Crippen LogP contribution < -0.4 is 0 Å². The van der Waals surface area contributed by atoms with Gasteiger partial charge in [-0.25, -0.2) is 0 Å². The van der Waals surface area contributed by atoms with Crippen LogP contribution in [0.25, 0.3) is 22.0 Å². The third kappa shape index (κ3) is 3.10. The fourth-order valence-corrected chi connectivity index (χ4v) is 4.03. The smallest absolute Gasteiger partial charge is 0.254 e. The standard InChI is InChI=1S/C23H24N2O/c1-2-6-20-9-5-16-25(20)23(26)19-13-11-17(12-14-19)21-10-3-7-18-8-4-15-24-22(18)21/h3-4,7-8,10-15,20H,2,5-6,9,16H2,1H3/t20-/m1/s1. The van der Waals surface area contributed by atoms with Crippen molar-refractivity contribution in [1.82, 2.24) is 9.88 Å². The molecule has 4 rings (SSSR count). The highest BCUT2D eigenvalue weighted by atomic mass is 16.2. The van der Waals surface area contributed by atoms with E-state index in [9.17, 15) is 4.79 Å². The number of hydrogen-bond donors (Lipinski definition) is 0. The molecule has 26 heavy (non-hydrogen) atoms. The molecule has 1 aliphatic rings. The molecular weight excluding hydrogens is 320 g/mol. The maximum Gasteiger partial charge on any atom is 0.254 e. The van der Waals surface area contributed by atoms with E-state index in [1.165, 1.54) is 0 Å². The molecule has 1 atom stereocenters. The van der Waals surface area contributed by atoms with Crippen LogP contribution in [0.15, 0.2) is 60.8 Å². The number of pyridine rings is 1. The monoisotopic (exact) mass is 344 g/mol. The third-order valence-corrected chi connectivity index (χ3v) is 5.34. The molecule has 3 heteroatoms. The van der Waals surface area contributed by atoms with Crippen LogP contribution in [0, 0.1) is 0 Å². The summed E-state index contributed by atoms with van der Waals surface area (Å²) < 4.78 is 0. The quantitative estimate of drug-likeness (QED) is 0.643. The fraction of sp³-hybridized carbons (Fsp3) is 0.304. The van der Waals surface area contributed by atoms with E-state index in [0.717, 1.165) is 59.8 Å². The molecule has 1 amide bonds. The summed E-state index contributed by atoms with van der Waals surface area (Å²) in [7, 11) is 0. The molecule has 1 fully saturated rings. The van der Waals surface area contributed by atoms with E-state index in [-0.39, 0.29) is 5.91 Å². The molecule has 1 saturated heterocycles. The topological polar surface area (TPSA) is 33.2 Å². The predicted molar refractivity (Wildman–Crippen MR) is 106 cm³/mol. The second-order valence-electron chi connectivity index (χ2n) is 7.04. The first kappa shape index (κ1) is 16.8. The van der Waals surface area contributed by atoms with E-state index in [4.69, 9.17) is 0 Å². The minimum Gasteiger partial charge on any atom is -0.336 e. The van der Waals surface area contributed by atoms with E-state index in [0.29, 0.717) is 6.04 Å². The van der Waals surface area contributed by atoms with Crippen molar-refractivity contribution in [2.75, 3.05) is 6.54 Å². The lowest BCUT2D eigenvalue weighted by atomic mass is 10.0. The molecular formula is C23H24N2O. The SMILES string of the molecule is CCC[C@@H]1CCCN1C(=O)c1ccc(-c2cccc3cccnc23)cc1. The second-order valence-corrected chi connectivity index (χ2v) is 7.04. The van der Waals surface area contributed by atoms with Gasteiger partial charge in [0.25, 0.3) is 5.91 Å². The molecule has 0 saturated carbocycles. The first-order chi connectivity index (χ1) is 12.8. The summed E-state index contributed by atoms with van der Waals surface area (Å²) in [5.74, 6) is 0.170. The van der Waals surface area contributed by atoms with Crippen LogP contribution in [0.1, 0.15) is 43.0 Å². The van der Waals surface area contributed by atoms with Gasteiger partial charge in [-0.15, -0.1) is 0 Å². The highest BCUT2D eigenvalue weighted by Crippen LogP contribution is 2.28. The van der Waals surface area contributed by atoms with Crippen molar-refractivity contribution in [2.24, 2.45) is 0 Å². The molecule has 1 aromatic heterocycles. The van der Waals surface area contributed by atoms with E-state index >= 15 is 0 Å². The molecule has 3 nitrogen and oxygen atoms in total. The molecule has 132 valence electrons. The Morgan fingerprint density at radius 2 is 1.92 bits per heavy atom. The summed E-state index contributed by atoms with van der Waals surface area (Å²) in [5, 5.41) is 1.13. The van der Waals surface area contributed by atoms with Crippen molar-refractivity contribution >= 4 is 16.8 Å². The Bertz CT molecular complexity index is 912. The first-order valence-corrected chi connectivity index (χ1v) is 9.53. The van der Waals surface area contributed by atoms with E-state index in [1.807, 2.05) is 36.5 Å². The third-order valence-electron chi connectivity index (χ3n) is 5.34. The molecule has 0 bridgehead atoms. The first-order valence-electron chi connectivity index (χ1n) is 9.53. The van der Waals surface area contributed by atoms with Gasteiger partial charge in [0.2, 0.25) is 0 Å². The molecule has 0 N–H and O–H groups in total. The summed E-state index contributed by atoms with van der Waals surface area (Å²) in [5.41, 5.74) is 3.98. The molecule has 0 unspecified atom stereocenters. The molecule has 2 heterocycles. The summed E-state index contributed by atoms with van der Waals surface area (Å²) in [6, 6.07) is 18.7. The Morgan fingerprint density at radius 3 is 2.73 bits per heavy atom. The minimum atomic E-state index is 0.170. The maximum absolute atomic E-state index is 12.9. The zero-order chi connectivity index (χ0) is 17.9. The van der Waals surface area contributed by atoms with E-state index in [1.54, 1.807) is 0 Å². The van der Waals surface area contributed by atoms with Crippen LogP contribution in [0.3, 0.4) is 0 Å². The number of nitrogens with zero attached hydrogens (tertiary/aromatic N) is 2. The Labute approximate surface area is 154 Å². The zero-order valence-electron chi connectivity index (χ0n) is 15.2. The molecule has 0 spiro atoms. The molecule has 0 radical (unpaired) electrons. The minimum absolute atomic E-state index is 0.170. The van der Waals surface area contributed by atoms with Crippen LogP contribution in [0.4, 0.5) is 0 Å². The lowest BCUT2D eigenvalue weighted by Gasteiger charge is -2.24. The number of hydrogen-bond acceptors (Lipinski definition) is 2. The van der Waals surface area contributed by atoms with Crippen LogP contribution in [-0.2, 0) is 0 Å². The van der Waals surface area contributed by atoms with Gasteiger partial charge < -0.3 is 4.90 Å². The van der Waals surface area contributed by atoms with Crippen molar-refractivity contribution in [1.29, 1.82) is 0 Å². The normalized spacial score (nSPS) is 17.0. The number of benzene rings is 2. The van der Waals surface area contributed by atoms with Gasteiger partial charge in [0.05, 0.1) is 5.52 Å². The second kappa shape index (κ2) is 7.28. The van der Waals surface area contributed by atoms with Crippen molar-refractivity contribution in [3.05, 3.63) is 66.4 Å². The lowest BCUT2D eigenvalue weighted by molar-refractivity contribution is 0.0730. The molecule has 1 aliphatic heterocycles. The van der Waals surface area contributed by atoms with Crippen molar-refractivity contribution in [3.63, 3.8) is 0 Å². The van der Waals surface area contributed by atoms with Crippen LogP contribution in [0.5, 0.6) is 0 Å². The van der Waals surface area contributed by atoms with Crippen molar-refractivity contribution in [2.45, 2.75) is 38.6 Å². The Morgan fingerprint density at radius 1 is 1.12 bits per heavy atom. The molecule has 3 aromatic rings. The fourth-order valence-electron chi connectivity index (χ4n) is 4.03. The average molecular weight is 344 g/mol. The Kier molecular flexibility index (Phi) is 4.70. The lowest BCUT2D eigenvalue weighted by Crippen LogP contribution is -2.35. The summed E-state index contributed by atoms with van der Waals surface area (Å²) in [4.78, 5) is 19.5. The van der Waals surface area contributed by atoms with Crippen LogP contribution in [0.2, 0.25) is 0 Å². The van der Waals surface area contributed by atoms with Gasteiger partial charge in [0.1, 0.15) is 0 Å². The number of para-hydroxylation sites is 1. The summed E-state index contributed by atoms with van der Waals surface area (Å²) in [6.45, 7) is 3.08. The summed E-state index contributed by atoms with van der Waals surface area (Å²) >= 11 is 0. The predicted octanol–water partition coefficient (Wildman–Crippen LogP) is 5.31. The van der Waals surface area contributed by atoms with Crippen LogP contribution in [-0.4, -0.2) is 28.4 Å². The largest absolute Gasteiger partial charge is 0.336 e. The van der Waals surface area contributed by atoms with Gasteiger partial charge in [-0.3, -0.25) is 9.78 Å². The highest BCUT2D eigenvalue weighted by molar-refractivity contribution is 5.97. The molecule has 2 aromatic carbocycles. The van der Waals surface area contributed by atoms with E-state index in [2.05, 4.69) is 41.1 Å². The summed E-state index contributed by atoms with van der Waals surface area (Å²) in [6.07, 6.45) is 6.31. The van der Waals surface area contributed by atoms with Gasteiger partial charge in [0.15, 0.2) is 0 Å². The number of aromatic nitrogens is 1. The van der Waals surface area contributed by atoms with E-state index < -0.39 is 0 Å². The maximum atomic E-state index is 12.9. The number of carbonyl (C=O) groups is 1. The van der Waals surface area contributed by atoms with Gasteiger partial charge in [-0.05, 0) is 43.0 Å². The Hall–Kier alpha value is -2.68. The number of amides is 1. The number of fused-ring (bicyclic) bond motifs is 1. The molecule has 0 aliphatic carbocycles. The number of carbonyl (C=O) groups excluding carboxylic acids is 1. The number of rotatable bonds is 4. The van der Waals surface area contributed by atoms with Gasteiger partial charge in [-0.1, -0.05) is 49.7 Å². The Balaban J connectivity index is 1.61.